The molecule has 0 unspecified atom stereocenters. The van der Waals surface area contributed by atoms with Crippen molar-refractivity contribution in [2.75, 3.05) is 34.4 Å². The summed E-state index contributed by atoms with van der Waals surface area (Å²) in [6, 6.07) is 3.34. The third-order valence-electron chi connectivity index (χ3n) is 3.45. The fourth-order valence-electron chi connectivity index (χ4n) is 2.34. The lowest BCUT2D eigenvalue weighted by atomic mass is 10.1. The summed E-state index contributed by atoms with van der Waals surface area (Å²) < 4.78 is 15.7. The van der Waals surface area contributed by atoms with E-state index >= 15 is 0 Å². The zero-order valence-electron chi connectivity index (χ0n) is 12.0. The highest BCUT2D eigenvalue weighted by Crippen LogP contribution is 2.35. The molecule has 1 aromatic rings. The van der Waals surface area contributed by atoms with Crippen LogP contribution in [0.4, 0.5) is 0 Å². The number of benzene rings is 1. The van der Waals surface area contributed by atoms with Crippen LogP contribution in [0.1, 0.15) is 16.8 Å². The molecule has 0 spiro atoms. The Morgan fingerprint density at radius 2 is 1.75 bits per heavy atom. The molecule has 0 radical (unpaired) electrons. The van der Waals surface area contributed by atoms with Crippen molar-refractivity contribution in [2.24, 2.45) is 5.73 Å². The average Bonchev–Trinajstić information content (AvgIpc) is 2.91. The van der Waals surface area contributed by atoms with Crippen LogP contribution in [0.2, 0.25) is 0 Å². The first-order chi connectivity index (χ1) is 9.60. The second-order valence-corrected chi connectivity index (χ2v) is 4.71. The molecule has 2 N–H and O–H groups in total. The van der Waals surface area contributed by atoms with Gasteiger partial charge in [0.1, 0.15) is 5.75 Å². The number of amides is 1. The quantitative estimate of drug-likeness (QED) is 0.886. The molecular weight excluding hydrogens is 260 g/mol. The maximum absolute atomic E-state index is 12.5. The van der Waals surface area contributed by atoms with Gasteiger partial charge in [-0.1, -0.05) is 0 Å². The van der Waals surface area contributed by atoms with Gasteiger partial charge in [-0.2, -0.15) is 0 Å². The molecule has 1 aliphatic heterocycles. The van der Waals surface area contributed by atoms with Crippen LogP contribution in [0, 0.1) is 0 Å². The summed E-state index contributed by atoms with van der Waals surface area (Å²) in [5.41, 5.74) is 6.30. The number of nitrogens with two attached hydrogens (primary N) is 1. The number of hydrogen-bond acceptors (Lipinski definition) is 5. The summed E-state index contributed by atoms with van der Waals surface area (Å²) in [4.78, 5) is 14.3. The Morgan fingerprint density at radius 1 is 1.15 bits per heavy atom. The van der Waals surface area contributed by atoms with Gasteiger partial charge in [0.15, 0.2) is 11.5 Å². The molecule has 1 saturated heterocycles. The molecule has 2 rings (SSSR count). The number of carbonyl (C=O) groups excluding carboxylic acids is 1. The fraction of sp³-hybridized carbons (Fsp3) is 0.500. The van der Waals surface area contributed by atoms with Gasteiger partial charge in [0, 0.05) is 31.3 Å². The normalized spacial score (nSPS) is 18.0. The van der Waals surface area contributed by atoms with E-state index < -0.39 is 0 Å². The van der Waals surface area contributed by atoms with Gasteiger partial charge in [0.05, 0.1) is 26.9 Å². The van der Waals surface area contributed by atoms with E-state index in [0.29, 0.717) is 35.9 Å². The van der Waals surface area contributed by atoms with Gasteiger partial charge < -0.3 is 24.8 Å². The lowest BCUT2D eigenvalue weighted by Gasteiger charge is -2.19. The highest BCUT2D eigenvalue weighted by atomic mass is 16.5. The SMILES string of the molecule is COc1cc(OC)c(C(=O)N2CC[C@H](N)C2)cc1OC. The van der Waals surface area contributed by atoms with Crippen LogP contribution >= 0.6 is 0 Å². The molecule has 1 amide bonds. The van der Waals surface area contributed by atoms with Crippen molar-refractivity contribution in [2.45, 2.75) is 12.5 Å². The Kier molecular flexibility index (Phi) is 4.34. The van der Waals surface area contributed by atoms with Crippen molar-refractivity contribution in [3.63, 3.8) is 0 Å². The zero-order chi connectivity index (χ0) is 14.7. The van der Waals surface area contributed by atoms with Gasteiger partial charge in [-0.15, -0.1) is 0 Å². The topological polar surface area (TPSA) is 74.0 Å². The zero-order valence-corrected chi connectivity index (χ0v) is 12.0. The van der Waals surface area contributed by atoms with E-state index in [4.69, 9.17) is 19.9 Å². The highest BCUT2D eigenvalue weighted by Gasteiger charge is 2.27. The number of likely N-dealkylation sites (tertiary alicyclic amines) is 1. The summed E-state index contributed by atoms with van der Waals surface area (Å²) in [5, 5.41) is 0. The number of methoxy groups -OCH3 is 3. The first-order valence-electron chi connectivity index (χ1n) is 6.45. The van der Waals surface area contributed by atoms with Crippen LogP contribution in [-0.4, -0.2) is 51.3 Å². The molecule has 20 heavy (non-hydrogen) atoms. The van der Waals surface area contributed by atoms with Crippen molar-refractivity contribution >= 4 is 5.91 Å². The monoisotopic (exact) mass is 280 g/mol. The molecule has 0 aliphatic carbocycles. The van der Waals surface area contributed by atoms with E-state index in [1.54, 1.807) is 17.0 Å². The number of ether oxygens (including phenoxy) is 3. The molecule has 6 heteroatoms. The van der Waals surface area contributed by atoms with Crippen LogP contribution in [0.15, 0.2) is 12.1 Å². The highest BCUT2D eigenvalue weighted by molar-refractivity contribution is 5.98. The third-order valence-corrected chi connectivity index (χ3v) is 3.45. The van der Waals surface area contributed by atoms with Crippen molar-refractivity contribution < 1.29 is 19.0 Å². The van der Waals surface area contributed by atoms with E-state index in [1.807, 2.05) is 0 Å². The van der Waals surface area contributed by atoms with Gasteiger partial charge >= 0.3 is 0 Å². The molecule has 1 fully saturated rings. The maximum Gasteiger partial charge on any atom is 0.257 e. The minimum Gasteiger partial charge on any atom is -0.496 e. The van der Waals surface area contributed by atoms with Gasteiger partial charge in [-0.25, -0.2) is 0 Å². The molecule has 0 bridgehead atoms. The van der Waals surface area contributed by atoms with E-state index in [1.165, 1.54) is 21.3 Å². The lowest BCUT2D eigenvalue weighted by Crippen LogP contribution is -2.32. The Morgan fingerprint density at radius 3 is 2.25 bits per heavy atom. The van der Waals surface area contributed by atoms with E-state index in [0.717, 1.165) is 6.42 Å². The Balaban J connectivity index is 2.36. The predicted octanol–water partition coefficient (Wildman–Crippen LogP) is 0.886. The summed E-state index contributed by atoms with van der Waals surface area (Å²) in [7, 11) is 4.59. The molecule has 6 nitrogen and oxygen atoms in total. The van der Waals surface area contributed by atoms with E-state index in [-0.39, 0.29) is 11.9 Å². The van der Waals surface area contributed by atoms with Crippen LogP contribution < -0.4 is 19.9 Å². The van der Waals surface area contributed by atoms with Crippen LogP contribution in [-0.2, 0) is 0 Å². The van der Waals surface area contributed by atoms with Crippen LogP contribution in [0.25, 0.3) is 0 Å². The van der Waals surface area contributed by atoms with Crippen molar-refractivity contribution in [1.82, 2.24) is 4.90 Å². The van der Waals surface area contributed by atoms with Crippen molar-refractivity contribution in [3.05, 3.63) is 17.7 Å². The summed E-state index contributed by atoms with van der Waals surface area (Å²) in [6.45, 7) is 1.23. The lowest BCUT2D eigenvalue weighted by molar-refractivity contribution is 0.0787. The number of hydrogen-bond donors (Lipinski definition) is 1. The largest absolute Gasteiger partial charge is 0.496 e. The smallest absolute Gasteiger partial charge is 0.257 e. The Bertz CT molecular complexity index is 504. The van der Waals surface area contributed by atoms with Gasteiger partial charge in [-0.05, 0) is 6.42 Å². The average molecular weight is 280 g/mol. The summed E-state index contributed by atoms with van der Waals surface area (Å²) in [6.07, 6.45) is 0.821. The summed E-state index contributed by atoms with van der Waals surface area (Å²) >= 11 is 0. The van der Waals surface area contributed by atoms with E-state index in [9.17, 15) is 4.79 Å². The second-order valence-electron chi connectivity index (χ2n) is 4.71. The Labute approximate surface area is 118 Å². The molecule has 1 heterocycles. The number of nitrogens with zero attached hydrogens (tertiary/aromatic N) is 1. The molecular formula is C14H20N2O4. The number of carbonyl (C=O) groups is 1. The fourth-order valence-corrected chi connectivity index (χ4v) is 2.34. The molecule has 1 atom stereocenters. The van der Waals surface area contributed by atoms with Crippen LogP contribution in [0.3, 0.4) is 0 Å². The first kappa shape index (κ1) is 14.5. The minimum absolute atomic E-state index is 0.0464. The summed E-state index contributed by atoms with van der Waals surface area (Å²) in [5.74, 6) is 1.39. The second kappa shape index (κ2) is 6.00. The molecule has 110 valence electrons. The van der Waals surface area contributed by atoms with Gasteiger partial charge in [-0.3, -0.25) is 4.79 Å². The first-order valence-corrected chi connectivity index (χ1v) is 6.45. The standard InChI is InChI=1S/C14H20N2O4/c1-18-11-7-13(20-3)12(19-2)6-10(11)14(17)16-5-4-9(15)8-16/h6-7,9H,4-5,8,15H2,1-3H3/t9-/m0/s1. The molecule has 0 saturated carbocycles. The molecule has 1 aromatic carbocycles. The van der Waals surface area contributed by atoms with Crippen molar-refractivity contribution in [1.29, 1.82) is 0 Å². The van der Waals surface area contributed by atoms with Gasteiger partial charge in [0.25, 0.3) is 5.91 Å². The van der Waals surface area contributed by atoms with E-state index in [2.05, 4.69) is 0 Å². The minimum atomic E-state index is -0.101. The van der Waals surface area contributed by atoms with Gasteiger partial charge in [0.2, 0.25) is 0 Å². The van der Waals surface area contributed by atoms with Crippen LogP contribution in [0.5, 0.6) is 17.2 Å². The van der Waals surface area contributed by atoms with Crippen molar-refractivity contribution in [3.8, 4) is 17.2 Å². The number of rotatable bonds is 4. The Hall–Kier alpha value is -1.95. The molecule has 1 aliphatic rings. The molecule has 0 aromatic heterocycles. The third kappa shape index (κ3) is 2.65. The predicted molar refractivity (Wildman–Crippen MR) is 74.6 cm³/mol. The maximum atomic E-state index is 12.5.